The van der Waals surface area contributed by atoms with Crippen LogP contribution in [0.1, 0.15) is 16.7 Å². The summed E-state index contributed by atoms with van der Waals surface area (Å²) < 4.78 is 0. The third kappa shape index (κ3) is 3.60. The number of pyridine rings is 1. The summed E-state index contributed by atoms with van der Waals surface area (Å²) in [7, 11) is 3.98. The monoisotopic (exact) mass is 319 g/mol. The molecule has 122 valence electrons. The molecule has 0 radical (unpaired) electrons. The first-order valence-electron chi connectivity index (χ1n) is 8.01. The highest BCUT2D eigenvalue weighted by Gasteiger charge is 2.22. The molecule has 24 heavy (non-hydrogen) atoms. The first-order valence-corrected chi connectivity index (χ1v) is 8.01. The molecule has 0 saturated heterocycles. The van der Waals surface area contributed by atoms with Crippen molar-refractivity contribution in [1.82, 2.24) is 15.2 Å². The smallest absolute Gasteiger partial charge is 0.251 e. The second kappa shape index (κ2) is 7.23. The van der Waals surface area contributed by atoms with Crippen molar-refractivity contribution >= 4 is 23.1 Å². The Morgan fingerprint density at radius 2 is 1.96 bits per heavy atom. The average Bonchev–Trinajstić information content (AvgIpc) is 2.94. The number of carbonyl (C=O) groups is 1. The number of rotatable bonds is 5. The number of nitrogens with one attached hydrogen (secondary N) is 1. The molecule has 0 spiro atoms. The molecule has 4 nitrogen and oxygen atoms in total. The Morgan fingerprint density at radius 3 is 2.67 bits per heavy atom. The second-order valence-corrected chi connectivity index (χ2v) is 6.05. The van der Waals surface area contributed by atoms with Gasteiger partial charge in [-0.2, -0.15) is 0 Å². The predicted molar refractivity (Wildman–Crippen MR) is 98.1 cm³/mol. The number of hydrogen-bond acceptors (Lipinski definition) is 3. The third-order valence-corrected chi connectivity index (χ3v) is 3.92. The molecule has 1 aliphatic rings. The number of likely N-dealkylation sites (N-methyl/N-ethyl adjacent to an activating group) is 1. The van der Waals surface area contributed by atoms with Crippen LogP contribution in [-0.4, -0.2) is 43.0 Å². The molecular formula is C20H21N3O. The summed E-state index contributed by atoms with van der Waals surface area (Å²) >= 11 is 0. The average molecular weight is 319 g/mol. The highest BCUT2D eigenvalue weighted by molar-refractivity contribution is 6.26. The number of benzene rings is 1. The van der Waals surface area contributed by atoms with E-state index in [1.807, 2.05) is 67.7 Å². The molecule has 1 amide bonds. The lowest BCUT2D eigenvalue weighted by Gasteiger charge is -2.11. The van der Waals surface area contributed by atoms with Gasteiger partial charge in [-0.25, -0.2) is 0 Å². The fraction of sp³-hybridized carbons (Fsp3) is 0.200. The van der Waals surface area contributed by atoms with Crippen LogP contribution in [0.3, 0.4) is 0 Å². The van der Waals surface area contributed by atoms with Crippen molar-refractivity contribution in [3.63, 3.8) is 0 Å². The summed E-state index contributed by atoms with van der Waals surface area (Å²) in [5, 5.41) is 2.99. The lowest BCUT2D eigenvalue weighted by molar-refractivity contribution is -0.115. The number of aromatic nitrogens is 1. The quantitative estimate of drug-likeness (QED) is 0.921. The number of allylic oxidation sites excluding steroid dienone is 2. The van der Waals surface area contributed by atoms with E-state index >= 15 is 0 Å². The lowest BCUT2D eigenvalue weighted by Crippen LogP contribution is -2.31. The summed E-state index contributed by atoms with van der Waals surface area (Å²) in [6.45, 7) is 1.45. The minimum atomic E-state index is -0.0288. The molecule has 1 N–H and O–H groups in total. The highest BCUT2D eigenvalue weighted by atomic mass is 16.1. The van der Waals surface area contributed by atoms with Crippen molar-refractivity contribution in [2.24, 2.45) is 0 Å². The molecule has 0 fully saturated rings. The lowest BCUT2D eigenvalue weighted by atomic mass is 10.0. The molecule has 3 rings (SSSR count). The largest absolute Gasteiger partial charge is 0.351 e. The van der Waals surface area contributed by atoms with E-state index < -0.39 is 0 Å². The summed E-state index contributed by atoms with van der Waals surface area (Å²) in [5.41, 5.74) is 4.85. The van der Waals surface area contributed by atoms with E-state index in [0.29, 0.717) is 6.54 Å². The first kappa shape index (κ1) is 16.1. The Balaban J connectivity index is 1.88. The van der Waals surface area contributed by atoms with Crippen LogP contribution in [0.25, 0.3) is 17.2 Å². The van der Waals surface area contributed by atoms with Crippen molar-refractivity contribution in [3.8, 4) is 0 Å². The third-order valence-electron chi connectivity index (χ3n) is 3.92. The van der Waals surface area contributed by atoms with Gasteiger partial charge in [0.25, 0.3) is 5.91 Å². The molecule has 1 heterocycles. The van der Waals surface area contributed by atoms with Gasteiger partial charge in [-0.15, -0.1) is 0 Å². The number of hydrogen-bond donors (Lipinski definition) is 1. The Kier molecular flexibility index (Phi) is 4.87. The maximum atomic E-state index is 12.6. The van der Waals surface area contributed by atoms with Crippen LogP contribution in [0.4, 0.5) is 0 Å². The summed E-state index contributed by atoms with van der Waals surface area (Å²) in [5.74, 6) is -0.0288. The van der Waals surface area contributed by atoms with E-state index in [4.69, 9.17) is 0 Å². The van der Waals surface area contributed by atoms with Gasteiger partial charge in [-0.1, -0.05) is 30.3 Å². The van der Waals surface area contributed by atoms with Gasteiger partial charge in [0.15, 0.2) is 0 Å². The van der Waals surface area contributed by atoms with Crippen molar-refractivity contribution < 1.29 is 4.79 Å². The molecule has 1 aliphatic carbocycles. The Labute approximate surface area is 142 Å². The van der Waals surface area contributed by atoms with E-state index in [-0.39, 0.29) is 5.91 Å². The molecular weight excluding hydrogens is 298 g/mol. The predicted octanol–water partition coefficient (Wildman–Crippen LogP) is 2.70. The zero-order valence-corrected chi connectivity index (χ0v) is 14.0. The fourth-order valence-corrected chi connectivity index (χ4v) is 2.72. The van der Waals surface area contributed by atoms with Crippen molar-refractivity contribution in [1.29, 1.82) is 0 Å². The van der Waals surface area contributed by atoms with Gasteiger partial charge in [0.1, 0.15) is 0 Å². The minimum Gasteiger partial charge on any atom is -0.351 e. The van der Waals surface area contributed by atoms with Crippen LogP contribution in [0.15, 0.2) is 54.9 Å². The Bertz CT molecular complexity index is 792. The van der Waals surface area contributed by atoms with Gasteiger partial charge >= 0.3 is 0 Å². The van der Waals surface area contributed by atoms with Crippen molar-refractivity contribution in [2.45, 2.75) is 0 Å². The molecule has 1 aromatic carbocycles. The fourth-order valence-electron chi connectivity index (χ4n) is 2.72. The van der Waals surface area contributed by atoms with E-state index in [1.165, 1.54) is 0 Å². The van der Waals surface area contributed by atoms with Gasteiger partial charge in [0, 0.05) is 31.1 Å². The van der Waals surface area contributed by atoms with Gasteiger partial charge in [0.2, 0.25) is 0 Å². The molecule has 1 aromatic heterocycles. The molecule has 2 aromatic rings. The molecule has 0 bridgehead atoms. The normalized spacial score (nSPS) is 14.6. The van der Waals surface area contributed by atoms with E-state index in [1.54, 1.807) is 6.20 Å². The van der Waals surface area contributed by atoms with Crippen LogP contribution in [0.5, 0.6) is 0 Å². The van der Waals surface area contributed by atoms with Crippen LogP contribution in [-0.2, 0) is 4.79 Å². The van der Waals surface area contributed by atoms with Gasteiger partial charge in [-0.05, 0) is 54.6 Å². The Hall–Kier alpha value is -2.72. The molecule has 0 unspecified atom stereocenters. The standard InChI is InChI=1S/C20H21N3O/c1-23(2)11-10-22-20(24)19-13-16(12-15-6-5-9-21-14-15)17-7-3-4-8-18(17)19/h3-9,12-14H,10-11H2,1-2H3,(H,22,24)/b16-12-. The zero-order chi connectivity index (χ0) is 16.9. The molecule has 4 heteroatoms. The summed E-state index contributed by atoms with van der Waals surface area (Å²) in [6.07, 6.45) is 7.59. The van der Waals surface area contributed by atoms with Crippen LogP contribution < -0.4 is 5.32 Å². The van der Waals surface area contributed by atoms with Crippen LogP contribution in [0.2, 0.25) is 0 Å². The molecule has 0 aliphatic heterocycles. The van der Waals surface area contributed by atoms with E-state index in [0.717, 1.165) is 34.4 Å². The number of carbonyl (C=O) groups excluding carboxylic acids is 1. The van der Waals surface area contributed by atoms with Gasteiger partial charge in [-0.3, -0.25) is 9.78 Å². The molecule has 0 atom stereocenters. The highest BCUT2D eigenvalue weighted by Crippen LogP contribution is 2.36. The number of fused-ring (bicyclic) bond motifs is 1. The van der Waals surface area contributed by atoms with Crippen LogP contribution >= 0.6 is 0 Å². The van der Waals surface area contributed by atoms with Gasteiger partial charge < -0.3 is 10.2 Å². The van der Waals surface area contributed by atoms with Crippen molar-refractivity contribution in [2.75, 3.05) is 27.2 Å². The topological polar surface area (TPSA) is 45.2 Å². The second-order valence-electron chi connectivity index (χ2n) is 6.05. The van der Waals surface area contributed by atoms with E-state index in [2.05, 4.69) is 16.4 Å². The van der Waals surface area contributed by atoms with E-state index in [9.17, 15) is 4.79 Å². The SMILES string of the molecule is CN(C)CCNC(=O)C1=C/C(=C/c2cccnc2)c2ccccc21. The zero-order valence-electron chi connectivity index (χ0n) is 14.0. The van der Waals surface area contributed by atoms with Crippen LogP contribution in [0, 0.1) is 0 Å². The maximum absolute atomic E-state index is 12.6. The summed E-state index contributed by atoms with van der Waals surface area (Å²) in [4.78, 5) is 18.7. The maximum Gasteiger partial charge on any atom is 0.251 e. The van der Waals surface area contributed by atoms with Crippen molar-refractivity contribution in [3.05, 3.63) is 71.6 Å². The number of nitrogens with zero attached hydrogens (tertiary/aromatic N) is 2. The Morgan fingerprint density at radius 1 is 1.17 bits per heavy atom. The first-order chi connectivity index (χ1) is 11.6. The molecule has 0 saturated carbocycles. The minimum absolute atomic E-state index is 0.0288. The number of amides is 1. The van der Waals surface area contributed by atoms with Gasteiger partial charge in [0.05, 0.1) is 0 Å². The summed E-state index contributed by atoms with van der Waals surface area (Å²) in [6, 6.07) is 11.9.